The smallest absolute Gasteiger partial charge is 0.338 e. The third-order valence-electron chi connectivity index (χ3n) is 4.41. The van der Waals surface area contributed by atoms with E-state index in [0.717, 1.165) is 23.4 Å². The van der Waals surface area contributed by atoms with Crippen LogP contribution in [0.5, 0.6) is 0 Å². The van der Waals surface area contributed by atoms with E-state index < -0.39 is 0 Å². The molecule has 1 aromatic rings. The summed E-state index contributed by atoms with van der Waals surface area (Å²) < 4.78 is 5.27. The molecule has 6 nitrogen and oxygen atoms in total. The van der Waals surface area contributed by atoms with Crippen molar-refractivity contribution in [1.29, 1.82) is 0 Å². The van der Waals surface area contributed by atoms with Crippen molar-refractivity contribution in [2.24, 2.45) is 0 Å². The molecule has 1 aliphatic heterocycles. The Labute approximate surface area is 166 Å². The highest BCUT2D eigenvalue weighted by molar-refractivity contribution is 7.80. The maximum atomic E-state index is 12.6. The van der Waals surface area contributed by atoms with Gasteiger partial charge in [-0.1, -0.05) is 19.1 Å². The van der Waals surface area contributed by atoms with E-state index in [-0.39, 0.29) is 17.9 Å². The van der Waals surface area contributed by atoms with E-state index in [1.165, 1.54) is 0 Å². The predicted octanol–water partition coefficient (Wildman–Crippen LogP) is 3.51. The summed E-state index contributed by atoms with van der Waals surface area (Å²) in [6.07, 6.45) is 1.29. The zero-order valence-electron chi connectivity index (χ0n) is 16.3. The lowest BCUT2D eigenvalue weighted by atomic mass is 9.95. The first-order valence-electron chi connectivity index (χ1n) is 9.28. The van der Waals surface area contributed by atoms with Crippen molar-refractivity contribution in [1.82, 2.24) is 10.2 Å². The summed E-state index contributed by atoms with van der Waals surface area (Å²) in [5.41, 5.74) is 2.95. The summed E-state index contributed by atoms with van der Waals surface area (Å²) in [6.45, 7) is 8.58. The Balaban J connectivity index is 2.33. The number of nitrogens with zero attached hydrogens (tertiary/aromatic N) is 1. The first-order valence-corrected chi connectivity index (χ1v) is 9.69. The number of carbonyl (C=O) groups excluding carboxylic acids is 2. The number of hydrogen-bond donors (Lipinski definition) is 2. The molecular weight excluding hydrogens is 362 g/mol. The van der Waals surface area contributed by atoms with Gasteiger partial charge in [-0.15, -0.1) is 0 Å². The molecule has 146 valence electrons. The molecule has 0 spiro atoms. The van der Waals surface area contributed by atoms with Gasteiger partial charge in [0.15, 0.2) is 5.11 Å². The summed E-state index contributed by atoms with van der Waals surface area (Å²) >= 11 is 5.47. The highest BCUT2D eigenvalue weighted by atomic mass is 32.1. The fourth-order valence-electron chi connectivity index (χ4n) is 3.09. The van der Waals surface area contributed by atoms with Crippen LogP contribution >= 0.6 is 12.2 Å². The van der Waals surface area contributed by atoms with Crippen LogP contribution in [-0.4, -0.2) is 35.0 Å². The molecular formula is C20H27N3O3S. The molecule has 2 N–H and O–H groups in total. The minimum absolute atomic E-state index is 0.0104. The molecule has 0 aromatic heterocycles. The largest absolute Gasteiger partial charge is 0.463 e. The van der Waals surface area contributed by atoms with Crippen LogP contribution in [0.25, 0.3) is 0 Å². The lowest BCUT2D eigenvalue weighted by Gasteiger charge is -2.37. The fraction of sp³-hybridized carbons (Fsp3) is 0.450. The molecule has 0 radical (unpaired) electrons. The fourth-order valence-corrected chi connectivity index (χ4v) is 3.48. The van der Waals surface area contributed by atoms with E-state index in [1.54, 1.807) is 6.92 Å². The van der Waals surface area contributed by atoms with E-state index in [2.05, 4.69) is 10.6 Å². The van der Waals surface area contributed by atoms with Gasteiger partial charge in [0.25, 0.3) is 0 Å². The van der Waals surface area contributed by atoms with E-state index in [9.17, 15) is 9.59 Å². The minimum Gasteiger partial charge on any atom is -0.463 e. The molecule has 0 bridgehead atoms. The molecule has 1 heterocycles. The highest BCUT2D eigenvalue weighted by Gasteiger charge is 2.34. The minimum atomic E-state index is -0.389. The summed E-state index contributed by atoms with van der Waals surface area (Å²) in [5.74, 6) is -0.363. The predicted molar refractivity (Wildman–Crippen MR) is 110 cm³/mol. The second-order valence-corrected chi connectivity index (χ2v) is 6.65. The van der Waals surface area contributed by atoms with Crippen LogP contribution in [0.4, 0.5) is 5.69 Å². The SMILES string of the molecule is CCCC(=O)Nc1ccc([C@H]2NC(=S)N(CC)C(C)=C2C(=O)OCC)cc1. The number of ether oxygens (including phenoxy) is 1. The van der Waals surface area contributed by atoms with Crippen molar-refractivity contribution in [3.8, 4) is 0 Å². The molecule has 0 saturated heterocycles. The van der Waals surface area contributed by atoms with Gasteiger partial charge in [-0.3, -0.25) is 4.79 Å². The molecule has 27 heavy (non-hydrogen) atoms. The summed E-state index contributed by atoms with van der Waals surface area (Å²) in [7, 11) is 0. The van der Waals surface area contributed by atoms with Crippen molar-refractivity contribution >= 4 is 34.9 Å². The molecule has 1 amide bonds. The number of nitrogens with one attached hydrogen (secondary N) is 2. The molecule has 7 heteroatoms. The Kier molecular flexibility index (Phi) is 7.36. The number of benzene rings is 1. The van der Waals surface area contributed by atoms with Gasteiger partial charge in [-0.25, -0.2) is 4.79 Å². The van der Waals surface area contributed by atoms with E-state index in [4.69, 9.17) is 17.0 Å². The molecule has 0 unspecified atom stereocenters. The number of anilines is 1. The molecule has 0 aliphatic carbocycles. The number of hydrogen-bond acceptors (Lipinski definition) is 4. The van der Waals surface area contributed by atoms with Crippen molar-refractivity contribution < 1.29 is 14.3 Å². The van der Waals surface area contributed by atoms with Gasteiger partial charge >= 0.3 is 5.97 Å². The Morgan fingerprint density at radius 3 is 2.44 bits per heavy atom. The third kappa shape index (κ3) is 4.86. The van der Waals surface area contributed by atoms with Crippen LogP contribution in [-0.2, 0) is 14.3 Å². The first kappa shape index (κ1) is 20.9. The van der Waals surface area contributed by atoms with Crippen molar-refractivity contribution in [2.75, 3.05) is 18.5 Å². The quantitative estimate of drug-likeness (QED) is 0.549. The Hall–Kier alpha value is -2.41. The zero-order chi connectivity index (χ0) is 20.0. The van der Waals surface area contributed by atoms with Crippen LogP contribution in [0.2, 0.25) is 0 Å². The number of rotatable bonds is 7. The molecule has 2 rings (SSSR count). The van der Waals surface area contributed by atoms with Gasteiger partial charge in [-0.05, 0) is 57.1 Å². The van der Waals surface area contributed by atoms with Crippen LogP contribution in [0.1, 0.15) is 52.1 Å². The highest BCUT2D eigenvalue weighted by Crippen LogP contribution is 2.31. The van der Waals surface area contributed by atoms with Crippen molar-refractivity contribution in [3.63, 3.8) is 0 Å². The van der Waals surface area contributed by atoms with E-state index in [0.29, 0.717) is 30.3 Å². The van der Waals surface area contributed by atoms with Gasteiger partial charge in [0.2, 0.25) is 5.91 Å². The van der Waals surface area contributed by atoms with Crippen molar-refractivity contribution in [2.45, 2.75) is 46.6 Å². The zero-order valence-corrected chi connectivity index (χ0v) is 17.1. The maximum absolute atomic E-state index is 12.6. The average molecular weight is 390 g/mol. The molecule has 1 atom stereocenters. The van der Waals surface area contributed by atoms with E-state index in [1.807, 2.05) is 49.9 Å². The number of carbonyl (C=O) groups is 2. The summed E-state index contributed by atoms with van der Waals surface area (Å²) in [4.78, 5) is 26.2. The van der Waals surface area contributed by atoms with E-state index >= 15 is 0 Å². The topological polar surface area (TPSA) is 70.7 Å². The molecule has 1 aromatic carbocycles. The molecule has 0 fully saturated rings. The Morgan fingerprint density at radius 2 is 1.89 bits per heavy atom. The standard InChI is InChI=1S/C20H27N3O3S/c1-5-8-16(24)21-15-11-9-14(10-12-15)18-17(19(25)26-7-3)13(4)23(6-2)20(27)22-18/h9-12,18H,5-8H2,1-4H3,(H,21,24)(H,22,27)/t18-/m1/s1. The van der Waals surface area contributed by atoms with Gasteiger partial charge in [0.05, 0.1) is 18.2 Å². The number of esters is 1. The Morgan fingerprint density at radius 1 is 1.22 bits per heavy atom. The summed E-state index contributed by atoms with van der Waals surface area (Å²) in [5, 5.41) is 6.69. The first-order chi connectivity index (χ1) is 12.9. The second kappa shape index (κ2) is 9.50. The summed E-state index contributed by atoms with van der Waals surface area (Å²) in [6, 6.07) is 7.04. The monoisotopic (exact) mass is 389 g/mol. The van der Waals surface area contributed by atoms with Gasteiger partial charge in [0, 0.05) is 24.4 Å². The van der Waals surface area contributed by atoms with Gasteiger partial charge in [-0.2, -0.15) is 0 Å². The lowest BCUT2D eigenvalue weighted by Crippen LogP contribution is -2.47. The van der Waals surface area contributed by atoms with Crippen LogP contribution in [0.3, 0.4) is 0 Å². The van der Waals surface area contributed by atoms with Crippen LogP contribution in [0, 0.1) is 0 Å². The number of thiocarbonyl (C=S) groups is 1. The van der Waals surface area contributed by atoms with Crippen LogP contribution < -0.4 is 10.6 Å². The maximum Gasteiger partial charge on any atom is 0.338 e. The average Bonchev–Trinajstić information content (AvgIpc) is 2.62. The van der Waals surface area contributed by atoms with Gasteiger partial charge < -0.3 is 20.3 Å². The third-order valence-corrected chi connectivity index (χ3v) is 4.75. The number of allylic oxidation sites excluding steroid dienone is 1. The molecule has 0 saturated carbocycles. The molecule has 1 aliphatic rings. The number of amides is 1. The normalized spacial score (nSPS) is 16.8. The van der Waals surface area contributed by atoms with Gasteiger partial charge in [0.1, 0.15) is 0 Å². The van der Waals surface area contributed by atoms with Crippen LogP contribution in [0.15, 0.2) is 35.5 Å². The Bertz CT molecular complexity index is 743. The van der Waals surface area contributed by atoms with Crippen molar-refractivity contribution in [3.05, 3.63) is 41.1 Å². The lowest BCUT2D eigenvalue weighted by molar-refractivity contribution is -0.139. The second-order valence-electron chi connectivity index (χ2n) is 6.27.